The molecule has 0 bridgehead atoms. The van der Waals surface area contributed by atoms with E-state index in [4.69, 9.17) is 5.11 Å². The summed E-state index contributed by atoms with van der Waals surface area (Å²) in [5.41, 5.74) is 0. The van der Waals surface area contributed by atoms with Crippen molar-refractivity contribution in [2.75, 3.05) is 5.32 Å². The summed E-state index contributed by atoms with van der Waals surface area (Å²) in [5.74, 6) is -0.208. The Morgan fingerprint density at radius 1 is 1.50 bits per heavy atom. The van der Waals surface area contributed by atoms with Gasteiger partial charge in [-0.15, -0.1) is 0 Å². The molecule has 0 fully saturated rings. The molecule has 1 unspecified atom stereocenters. The highest BCUT2D eigenvalue weighted by atomic mass is 32.1. The molecule has 0 saturated carbocycles. The number of urea groups is 1. The average Bonchev–Trinajstić information content (AvgIpc) is 2.62. The van der Waals surface area contributed by atoms with Gasteiger partial charge in [-0.1, -0.05) is 0 Å². The second-order valence-corrected chi connectivity index (χ2v) is 4.68. The highest BCUT2D eigenvalue weighted by molar-refractivity contribution is 7.09. The van der Waals surface area contributed by atoms with Crippen molar-refractivity contribution in [3.8, 4) is 0 Å². The van der Waals surface area contributed by atoms with Crippen LogP contribution in [0.5, 0.6) is 0 Å². The molecular weight excluding hydrogens is 256 g/mol. The molecule has 8 heteroatoms. The van der Waals surface area contributed by atoms with Crippen LogP contribution >= 0.6 is 11.5 Å². The number of nitrogens with zero attached hydrogens (tertiary/aromatic N) is 2. The molecule has 0 radical (unpaired) electrons. The molecule has 1 rings (SSSR count). The molecule has 1 aromatic rings. The van der Waals surface area contributed by atoms with E-state index >= 15 is 0 Å². The molecular formula is C10H16N4O3S. The number of carbonyl (C=O) groups excluding carboxylic acids is 1. The lowest BCUT2D eigenvalue weighted by atomic mass is 10.1. The van der Waals surface area contributed by atoms with Gasteiger partial charge < -0.3 is 10.4 Å². The third-order valence-corrected chi connectivity index (χ3v) is 2.88. The maximum absolute atomic E-state index is 11.5. The van der Waals surface area contributed by atoms with Gasteiger partial charge in [-0.25, -0.2) is 9.78 Å². The SMILES string of the molecule is Cc1nsc(NC(=O)NC(C)CCCC(=O)O)n1. The fourth-order valence-corrected chi connectivity index (χ4v) is 1.91. The molecule has 1 aromatic heterocycles. The number of carbonyl (C=O) groups is 2. The number of aromatic nitrogens is 2. The van der Waals surface area contributed by atoms with Crippen molar-refractivity contribution in [1.82, 2.24) is 14.7 Å². The smallest absolute Gasteiger partial charge is 0.321 e. The predicted molar refractivity (Wildman–Crippen MR) is 67.7 cm³/mol. The zero-order valence-electron chi connectivity index (χ0n) is 10.3. The molecule has 0 spiro atoms. The van der Waals surface area contributed by atoms with E-state index in [9.17, 15) is 9.59 Å². The van der Waals surface area contributed by atoms with E-state index in [-0.39, 0.29) is 18.5 Å². The van der Waals surface area contributed by atoms with Gasteiger partial charge in [-0.05, 0) is 26.7 Å². The van der Waals surface area contributed by atoms with Crippen molar-refractivity contribution >= 4 is 28.7 Å². The highest BCUT2D eigenvalue weighted by Gasteiger charge is 2.10. The van der Waals surface area contributed by atoms with Crippen LogP contribution in [0.2, 0.25) is 0 Å². The second-order valence-electron chi connectivity index (χ2n) is 3.93. The minimum atomic E-state index is -0.823. The first-order chi connectivity index (χ1) is 8.47. The van der Waals surface area contributed by atoms with E-state index in [0.717, 1.165) is 11.5 Å². The summed E-state index contributed by atoms with van der Waals surface area (Å²) >= 11 is 1.12. The van der Waals surface area contributed by atoms with Gasteiger partial charge in [-0.3, -0.25) is 10.1 Å². The number of nitrogens with one attached hydrogen (secondary N) is 2. The first-order valence-electron chi connectivity index (χ1n) is 5.57. The standard InChI is InChI=1S/C10H16N4O3S/c1-6(4-3-5-8(15)16)11-9(17)13-10-12-7(2)14-18-10/h6H,3-5H2,1-2H3,(H,15,16)(H2,11,12,13,14,17). The summed E-state index contributed by atoms with van der Waals surface area (Å²) in [6.07, 6.45) is 1.27. The summed E-state index contributed by atoms with van der Waals surface area (Å²) in [4.78, 5) is 25.9. The van der Waals surface area contributed by atoms with Crippen LogP contribution < -0.4 is 10.6 Å². The van der Waals surface area contributed by atoms with Gasteiger partial charge in [-0.2, -0.15) is 4.37 Å². The molecule has 0 aliphatic rings. The van der Waals surface area contributed by atoms with Gasteiger partial charge in [0, 0.05) is 24.0 Å². The van der Waals surface area contributed by atoms with Gasteiger partial charge in [0.1, 0.15) is 5.82 Å². The molecule has 1 heterocycles. The second kappa shape index (κ2) is 6.90. The van der Waals surface area contributed by atoms with E-state index in [0.29, 0.717) is 23.8 Å². The van der Waals surface area contributed by atoms with Crippen molar-refractivity contribution < 1.29 is 14.7 Å². The first-order valence-corrected chi connectivity index (χ1v) is 6.34. The Morgan fingerprint density at radius 3 is 2.78 bits per heavy atom. The lowest BCUT2D eigenvalue weighted by Crippen LogP contribution is -2.36. The summed E-state index contributed by atoms with van der Waals surface area (Å²) in [7, 11) is 0. The Hall–Kier alpha value is -1.70. The van der Waals surface area contributed by atoms with Gasteiger partial charge in [0.2, 0.25) is 5.13 Å². The number of aliphatic carboxylic acids is 1. The van der Waals surface area contributed by atoms with Gasteiger partial charge in [0.25, 0.3) is 0 Å². The average molecular weight is 272 g/mol. The van der Waals surface area contributed by atoms with Crippen LogP contribution in [-0.4, -0.2) is 32.5 Å². The maximum Gasteiger partial charge on any atom is 0.321 e. The molecule has 0 aromatic carbocycles. The van der Waals surface area contributed by atoms with Crippen molar-refractivity contribution in [3.63, 3.8) is 0 Å². The number of rotatable bonds is 6. The minimum Gasteiger partial charge on any atom is -0.481 e. The number of anilines is 1. The summed E-state index contributed by atoms with van der Waals surface area (Å²) in [6.45, 7) is 3.57. The minimum absolute atomic E-state index is 0.0848. The van der Waals surface area contributed by atoms with Crippen molar-refractivity contribution in [3.05, 3.63) is 5.82 Å². The highest BCUT2D eigenvalue weighted by Crippen LogP contribution is 2.09. The van der Waals surface area contributed by atoms with E-state index < -0.39 is 5.97 Å². The largest absolute Gasteiger partial charge is 0.481 e. The maximum atomic E-state index is 11.5. The normalized spacial score (nSPS) is 11.9. The monoisotopic (exact) mass is 272 g/mol. The molecule has 3 N–H and O–H groups in total. The number of amides is 2. The van der Waals surface area contributed by atoms with Gasteiger partial charge >= 0.3 is 12.0 Å². The van der Waals surface area contributed by atoms with Crippen LogP contribution in [0.4, 0.5) is 9.93 Å². The summed E-state index contributed by atoms with van der Waals surface area (Å²) in [6, 6.07) is -0.438. The van der Waals surface area contributed by atoms with Crippen molar-refractivity contribution in [1.29, 1.82) is 0 Å². The zero-order valence-corrected chi connectivity index (χ0v) is 11.1. The van der Waals surface area contributed by atoms with Crippen molar-refractivity contribution in [2.45, 2.75) is 39.2 Å². The Bertz CT molecular complexity index is 421. The predicted octanol–water partition coefficient (Wildman–Crippen LogP) is 1.61. The van der Waals surface area contributed by atoms with Crippen LogP contribution in [0, 0.1) is 6.92 Å². The molecule has 2 amide bonds. The van der Waals surface area contributed by atoms with Crippen molar-refractivity contribution in [2.24, 2.45) is 0 Å². The zero-order chi connectivity index (χ0) is 13.5. The van der Waals surface area contributed by atoms with Gasteiger partial charge in [0.05, 0.1) is 0 Å². The van der Waals surface area contributed by atoms with E-state index in [1.54, 1.807) is 6.92 Å². The molecule has 0 aliphatic carbocycles. The van der Waals surface area contributed by atoms with Crippen LogP contribution in [0.3, 0.4) is 0 Å². The molecule has 0 aliphatic heterocycles. The molecule has 18 heavy (non-hydrogen) atoms. The first kappa shape index (κ1) is 14.4. The summed E-state index contributed by atoms with van der Waals surface area (Å²) < 4.78 is 3.94. The molecule has 1 atom stereocenters. The Kier molecular flexibility index (Phi) is 5.50. The molecule has 100 valence electrons. The number of carboxylic acid groups (broad SMARTS) is 1. The number of aryl methyl sites for hydroxylation is 1. The molecule has 7 nitrogen and oxygen atoms in total. The lowest BCUT2D eigenvalue weighted by molar-refractivity contribution is -0.137. The lowest BCUT2D eigenvalue weighted by Gasteiger charge is -2.12. The van der Waals surface area contributed by atoms with Crippen LogP contribution in [0.25, 0.3) is 0 Å². The number of hydrogen-bond donors (Lipinski definition) is 3. The van der Waals surface area contributed by atoms with Crippen LogP contribution in [0.1, 0.15) is 32.0 Å². The Labute approximate surface area is 109 Å². The third kappa shape index (κ3) is 5.58. The number of hydrogen-bond acceptors (Lipinski definition) is 5. The Balaban J connectivity index is 2.25. The number of carboxylic acids is 1. The fraction of sp³-hybridized carbons (Fsp3) is 0.600. The quantitative estimate of drug-likeness (QED) is 0.729. The summed E-state index contributed by atoms with van der Waals surface area (Å²) in [5, 5.41) is 14.2. The molecule has 0 saturated heterocycles. The fourth-order valence-electron chi connectivity index (χ4n) is 1.34. The van der Waals surface area contributed by atoms with Crippen LogP contribution in [-0.2, 0) is 4.79 Å². The van der Waals surface area contributed by atoms with E-state index in [1.165, 1.54) is 0 Å². The Morgan fingerprint density at radius 2 is 2.22 bits per heavy atom. The van der Waals surface area contributed by atoms with E-state index in [2.05, 4.69) is 20.0 Å². The van der Waals surface area contributed by atoms with E-state index in [1.807, 2.05) is 6.92 Å². The van der Waals surface area contributed by atoms with Gasteiger partial charge in [0.15, 0.2) is 0 Å². The van der Waals surface area contributed by atoms with Crippen LogP contribution in [0.15, 0.2) is 0 Å². The topological polar surface area (TPSA) is 104 Å². The third-order valence-electron chi connectivity index (χ3n) is 2.15.